The van der Waals surface area contributed by atoms with Crippen molar-refractivity contribution in [3.05, 3.63) is 102 Å². The predicted molar refractivity (Wildman–Crippen MR) is 112 cm³/mol. The highest BCUT2D eigenvalue weighted by atomic mass is 35.5. The van der Waals surface area contributed by atoms with Crippen LogP contribution in [0, 0.1) is 5.82 Å². The summed E-state index contributed by atoms with van der Waals surface area (Å²) in [6.07, 6.45) is 1.43. The first kappa shape index (κ1) is 18.8. The van der Waals surface area contributed by atoms with E-state index in [1.54, 1.807) is 30.3 Å². The summed E-state index contributed by atoms with van der Waals surface area (Å²) in [7, 11) is 0. The van der Waals surface area contributed by atoms with Crippen LogP contribution in [-0.4, -0.2) is 15.9 Å². The van der Waals surface area contributed by atoms with Gasteiger partial charge in [-0.25, -0.2) is 14.4 Å². The number of amides is 1. The average Bonchev–Trinajstić information content (AvgIpc) is 2.75. The predicted octanol–water partition coefficient (Wildman–Crippen LogP) is 5.86. The number of carbonyl (C=O) groups excluding carboxylic acids is 1. The minimum atomic E-state index is -0.288. The molecular formula is C23H15ClFN3O. The van der Waals surface area contributed by atoms with E-state index in [1.807, 2.05) is 36.4 Å². The molecule has 4 nitrogen and oxygen atoms in total. The number of benzene rings is 2. The third kappa shape index (κ3) is 4.47. The second-order valence-corrected chi connectivity index (χ2v) is 6.71. The van der Waals surface area contributed by atoms with Gasteiger partial charge in [0, 0.05) is 23.0 Å². The Morgan fingerprint density at radius 3 is 2.31 bits per heavy atom. The standard InChI is InChI=1S/C23H15ClFN3O/c24-22-12-9-17(14-26-22)23(29)27-19-4-1-3-16(13-19)21-6-2-5-20(28-21)15-7-10-18(25)11-8-15/h1-14H,(H,27,29). The molecule has 6 heteroatoms. The molecular weight excluding hydrogens is 389 g/mol. The lowest BCUT2D eigenvalue weighted by Gasteiger charge is -2.09. The minimum absolute atomic E-state index is 0.278. The molecule has 0 aliphatic carbocycles. The van der Waals surface area contributed by atoms with E-state index in [-0.39, 0.29) is 11.7 Å². The Labute approximate surface area is 172 Å². The Morgan fingerprint density at radius 2 is 1.59 bits per heavy atom. The molecule has 29 heavy (non-hydrogen) atoms. The highest BCUT2D eigenvalue weighted by molar-refractivity contribution is 6.29. The van der Waals surface area contributed by atoms with Gasteiger partial charge in [0.1, 0.15) is 11.0 Å². The molecule has 0 radical (unpaired) electrons. The van der Waals surface area contributed by atoms with Crippen molar-refractivity contribution in [2.45, 2.75) is 0 Å². The van der Waals surface area contributed by atoms with Gasteiger partial charge < -0.3 is 5.32 Å². The molecule has 0 saturated heterocycles. The fourth-order valence-electron chi connectivity index (χ4n) is 2.85. The lowest BCUT2D eigenvalue weighted by Crippen LogP contribution is -2.12. The molecule has 142 valence electrons. The van der Waals surface area contributed by atoms with Gasteiger partial charge in [0.25, 0.3) is 5.91 Å². The third-order valence-electron chi connectivity index (χ3n) is 4.29. The average molecular weight is 404 g/mol. The lowest BCUT2D eigenvalue weighted by atomic mass is 10.1. The molecule has 0 bridgehead atoms. The second kappa shape index (κ2) is 8.20. The van der Waals surface area contributed by atoms with Crippen LogP contribution in [0.1, 0.15) is 10.4 Å². The number of anilines is 1. The van der Waals surface area contributed by atoms with Gasteiger partial charge in [0.2, 0.25) is 0 Å². The Hall–Kier alpha value is -3.57. The van der Waals surface area contributed by atoms with Crippen LogP contribution in [0.4, 0.5) is 10.1 Å². The molecule has 0 atom stereocenters. The van der Waals surface area contributed by atoms with E-state index in [2.05, 4.69) is 15.3 Å². The number of nitrogens with one attached hydrogen (secondary N) is 1. The second-order valence-electron chi connectivity index (χ2n) is 6.32. The summed E-state index contributed by atoms with van der Waals surface area (Å²) >= 11 is 5.76. The van der Waals surface area contributed by atoms with E-state index in [9.17, 15) is 9.18 Å². The first-order valence-corrected chi connectivity index (χ1v) is 9.23. The smallest absolute Gasteiger partial charge is 0.257 e. The van der Waals surface area contributed by atoms with Gasteiger partial charge in [-0.15, -0.1) is 0 Å². The molecule has 1 N–H and O–H groups in total. The van der Waals surface area contributed by atoms with E-state index >= 15 is 0 Å². The monoisotopic (exact) mass is 403 g/mol. The van der Waals surface area contributed by atoms with E-state index in [0.717, 1.165) is 22.5 Å². The molecule has 0 fully saturated rings. The molecule has 4 rings (SSSR count). The Morgan fingerprint density at radius 1 is 0.862 bits per heavy atom. The van der Waals surface area contributed by atoms with E-state index < -0.39 is 0 Å². The van der Waals surface area contributed by atoms with Gasteiger partial charge in [-0.05, 0) is 60.7 Å². The number of aromatic nitrogens is 2. The summed E-state index contributed by atoms with van der Waals surface area (Å²) in [6.45, 7) is 0. The largest absolute Gasteiger partial charge is 0.322 e. The maximum atomic E-state index is 13.2. The van der Waals surface area contributed by atoms with Crippen molar-refractivity contribution in [1.29, 1.82) is 0 Å². The zero-order valence-electron chi connectivity index (χ0n) is 15.1. The molecule has 2 aromatic heterocycles. The van der Waals surface area contributed by atoms with Crippen LogP contribution in [-0.2, 0) is 0 Å². The van der Waals surface area contributed by atoms with Crippen LogP contribution in [0.15, 0.2) is 85.1 Å². The van der Waals surface area contributed by atoms with Gasteiger partial charge in [-0.1, -0.05) is 29.8 Å². The quantitative estimate of drug-likeness (QED) is 0.434. The normalized spacial score (nSPS) is 10.6. The molecule has 2 heterocycles. The summed E-state index contributed by atoms with van der Waals surface area (Å²) in [5, 5.41) is 3.18. The minimum Gasteiger partial charge on any atom is -0.322 e. The van der Waals surface area contributed by atoms with Crippen LogP contribution in [0.5, 0.6) is 0 Å². The number of halogens is 2. The van der Waals surface area contributed by atoms with Crippen LogP contribution in [0.3, 0.4) is 0 Å². The number of hydrogen-bond acceptors (Lipinski definition) is 3. The van der Waals surface area contributed by atoms with Gasteiger partial charge in [-0.2, -0.15) is 0 Å². The number of carbonyl (C=O) groups is 1. The van der Waals surface area contributed by atoms with Gasteiger partial charge in [0.05, 0.1) is 17.0 Å². The number of rotatable bonds is 4. The van der Waals surface area contributed by atoms with Gasteiger partial charge in [0.15, 0.2) is 0 Å². The molecule has 0 aliphatic rings. The Kier molecular flexibility index (Phi) is 5.31. The fourth-order valence-corrected chi connectivity index (χ4v) is 2.96. The summed E-state index contributed by atoms with van der Waals surface area (Å²) in [4.78, 5) is 21.0. The van der Waals surface area contributed by atoms with Crippen molar-refractivity contribution < 1.29 is 9.18 Å². The van der Waals surface area contributed by atoms with Crippen LogP contribution >= 0.6 is 11.6 Å². The molecule has 0 saturated carbocycles. The third-order valence-corrected chi connectivity index (χ3v) is 4.52. The van der Waals surface area contributed by atoms with Crippen molar-refractivity contribution in [3.8, 4) is 22.5 Å². The van der Waals surface area contributed by atoms with Crippen molar-refractivity contribution in [1.82, 2.24) is 9.97 Å². The Bertz CT molecular complexity index is 1160. The summed E-state index contributed by atoms with van der Waals surface area (Å²) in [6, 6.07) is 22.4. The summed E-state index contributed by atoms with van der Waals surface area (Å²) < 4.78 is 13.2. The van der Waals surface area contributed by atoms with Crippen LogP contribution in [0.25, 0.3) is 22.5 Å². The first-order valence-electron chi connectivity index (χ1n) is 8.85. The van der Waals surface area contributed by atoms with Crippen molar-refractivity contribution in [2.24, 2.45) is 0 Å². The zero-order valence-corrected chi connectivity index (χ0v) is 15.9. The molecule has 0 spiro atoms. The highest BCUT2D eigenvalue weighted by Crippen LogP contribution is 2.25. The van der Waals surface area contributed by atoms with Crippen molar-refractivity contribution >= 4 is 23.2 Å². The topological polar surface area (TPSA) is 54.9 Å². The van der Waals surface area contributed by atoms with Crippen LogP contribution < -0.4 is 5.32 Å². The van der Waals surface area contributed by atoms with E-state index in [1.165, 1.54) is 18.3 Å². The number of pyridine rings is 2. The first-order chi connectivity index (χ1) is 14.1. The lowest BCUT2D eigenvalue weighted by molar-refractivity contribution is 0.102. The van der Waals surface area contributed by atoms with Gasteiger partial charge in [-0.3, -0.25) is 4.79 Å². The van der Waals surface area contributed by atoms with Crippen molar-refractivity contribution in [3.63, 3.8) is 0 Å². The summed E-state index contributed by atoms with van der Waals surface area (Å²) in [5.74, 6) is -0.566. The maximum absolute atomic E-state index is 13.2. The van der Waals surface area contributed by atoms with E-state index in [0.29, 0.717) is 16.4 Å². The van der Waals surface area contributed by atoms with Gasteiger partial charge >= 0.3 is 0 Å². The molecule has 2 aromatic carbocycles. The SMILES string of the molecule is O=C(Nc1cccc(-c2cccc(-c3ccc(F)cc3)n2)c1)c1ccc(Cl)nc1. The Balaban J connectivity index is 1.58. The summed E-state index contributed by atoms with van der Waals surface area (Å²) in [5.41, 5.74) is 4.21. The number of hydrogen-bond donors (Lipinski definition) is 1. The van der Waals surface area contributed by atoms with Crippen molar-refractivity contribution in [2.75, 3.05) is 5.32 Å². The molecule has 1 amide bonds. The molecule has 0 unspecified atom stereocenters. The fraction of sp³-hybridized carbons (Fsp3) is 0. The highest BCUT2D eigenvalue weighted by Gasteiger charge is 2.09. The zero-order chi connectivity index (χ0) is 20.2. The number of nitrogens with zero attached hydrogens (tertiary/aromatic N) is 2. The van der Waals surface area contributed by atoms with Crippen LogP contribution in [0.2, 0.25) is 5.15 Å². The molecule has 4 aromatic rings. The molecule has 0 aliphatic heterocycles. The van der Waals surface area contributed by atoms with E-state index in [4.69, 9.17) is 11.6 Å². The maximum Gasteiger partial charge on any atom is 0.257 e.